The molecule has 0 N–H and O–H groups in total. The Morgan fingerprint density at radius 3 is 2.15 bits per heavy atom. The number of ether oxygens (including phenoxy) is 1. The van der Waals surface area contributed by atoms with Crippen LogP contribution in [-0.2, 0) is 0 Å². The summed E-state index contributed by atoms with van der Waals surface area (Å²) in [6.45, 7) is 4.31. The Balaban J connectivity index is 0.00000361. The number of quaternary nitrogens is 1. The smallest absolute Gasteiger partial charge is 0.414 e. The third-order valence-corrected chi connectivity index (χ3v) is 2.93. The minimum Gasteiger partial charge on any atom is -1.00 e. The van der Waals surface area contributed by atoms with E-state index in [0.717, 1.165) is 5.69 Å². The molecule has 0 bridgehead atoms. The second-order valence-corrected chi connectivity index (χ2v) is 6.16. The van der Waals surface area contributed by atoms with Gasteiger partial charge >= 0.3 is 6.09 Å². The lowest BCUT2D eigenvalue weighted by molar-refractivity contribution is -0.00000958. The lowest BCUT2D eigenvalue weighted by Gasteiger charge is -2.26. The van der Waals surface area contributed by atoms with Gasteiger partial charge in [-0.25, -0.2) is 4.79 Å². The van der Waals surface area contributed by atoms with Crippen molar-refractivity contribution in [2.45, 2.75) is 19.8 Å². The molecule has 0 aliphatic heterocycles. The molecular weight excluding hydrogens is 367 g/mol. The Morgan fingerprint density at radius 1 is 1.20 bits per heavy atom. The van der Waals surface area contributed by atoms with E-state index >= 15 is 0 Å². The van der Waals surface area contributed by atoms with E-state index < -0.39 is 0 Å². The predicted octanol–water partition coefficient (Wildman–Crippen LogP) is 0.0711. The molecule has 0 spiro atoms. The van der Waals surface area contributed by atoms with Gasteiger partial charge in [0.2, 0.25) is 0 Å². The van der Waals surface area contributed by atoms with E-state index in [1.54, 1.807) is 14.1 Å². The van der Waals surface area contributed by atoms with Crippen LogP contribution in [0, 0.1) is 0 Å². The van der Waals surface area contributed by atoms with Crippen LogP contribution in [0.1, 0.15) is 25.3 Å². The first-order chi connectivity index (χ1) is 8.62. The molecular formula is C15H25IN2O2. The average Bonchev–Trinajstić information content (AvgIpc) is 2.27. The number of hydrogen-bond acceptors (Lipinski definition) is 2. The molecule has 0 saturated carbocycles. The molecule has 20 heavy (non-hydrogen) atoms. The molecule has 114 valence electrons. The molecule has 0 radical (unpaired) electrons. The van der Waals surface area contributed by atoms with Crippen molar-refractivity contribution in [3.8, 4) is 5.75 Å². The number of halogens is 1. The maximum atomic E-state index is 11.7. The van der Waals surface area contributed by atoms with Crippen molar-refractivity contribution in [3.05, 3.63) is 23.8 Å². The first kappa shape index (κ1) is 19.2. The molecule has 0 saturated heterocycles. The van der Waals surface area contributed by atoms with Gasteiger partial charge in [-0.1, -0.05) is 19.9 Å². The Labute approximate surface area is 139 Å². The lowest BCUT2D eigenvalue weighted by atomic mass is 10.0. The van der Waals surface area contributed by atoms with Crippen molar-refractivity contribution in [1.29, 1.82) is 0 Å². The first-order valence-corrected chi connectivity index (χ1v) is 6.48. The topological polar surface area (TPSA) is 29.5 Å². The number of carbonyl (C=O) groups is 1. The second kappa shape index (κ2) is 7.26. The van der Waals surface area contributed by atoms with Gasteiger partial charge in [-0.3, -0.25) is 4.48 Å². The standard InChI is InChI=1S/C15H25N2O2.HI/c1-11(2)12-8-9-14(19-15(18)16(3)4)13(10-12)17(5,6)7;/h8-11H,1-7H3;1H/q+1;/p-1. The van der Waals surface area contributed by atoms with Gasteiger partial charge in [0.15, 0.2) is 11.4 Å². The number of rotatable bonds is 3. The highest BCUT2D eigenvalue weighted by molar-refractivity contribution is 5.73. The Kier molecular flexibility index (Phi) is 6.97. The molecule has 1 aromatic rings. The summed E-state index contributed by atoms with van der Waals surface area (Å²) < 4.78 is 6.05. The highest BCUT2D eigenvalue weighted by Crippen LogP contribution is 2.33. The molecule has 1 rings (SSSR count). The van der Waals surface area contributed by atoms with E-state index in [4.69, 9.17) is 4.74 Å². The molecule has 0 aliphatic carbocycles. The zero-order valence-corrected chi connectivity index (χ0v) is 15.6. The molecule has 0 atom stereocenters. The van der Waals surface area contributed by atoms with Gasteiger partial charge < -0.3 is 33.6 Å². The summed E-state index contributed by atoms with van der Waals surface area (Å²) >= 11 is 0. The van der Waals surface area contributed by atoms with Crippen molar-refractivity contribution in [3.63, 3.8) is 0 Å². The van der Waals surface area contributed by atoms with Gasteiger partial charge in [-0.15, -0.1) is 0 Å². The van der Waals surface area contributed by atoms with E-state index in [-0.39, 0.29) is 30.1 Å². The Morgan fingerprint density at radius 2 is 1.75 bits per heavy atom. The summed E-state index contributed by atoms with van der Waals surface area (Å²) in [5.74, 6) is 1.07. The van der Waals surface area contributed by atoms with E-state index in [0.29, 0.717) is 16.2 Å². The van der Waals surface area contributed by atoms with Crippen LogP contribution < -0.4 is 33.2 Å². The Hall–Kier alpha value is -0.820. The van der Waals surface area contributed by atoms with Gasteiger partial charge in [0.25, 0.3) is 0 Å². The highest BCUT2D eigenvalue weighted by Gasteiger charge is 2.22. The van der Waals surface area contributed by atoms with E-state index in [1.165, 1.54) is 10.5 Å². The van der Waals surface area contributed by atoms with Crippen LogP contribution >= 0.6 is 0 Å². The van der Waals surface area contributed by atoms with Crippen LogP contribution in [0.4, 0.5) is 10.5 Å². The van der Waals surface area contributed by atoms with Crippen LogP contribution in [0.3, 0.4) is 0 Å². The monoisotopic (exact) mass is 392 g/mol. The predicted molar refractivity (Wildman–Crippen MR) is 79.8 cm³/mol. The molecule has 5 heteroatoms. The summed E-state index contributed by atoms with van der Waals surface area (Å²) in [6, 6.07) is 6.01. The van der Waals surface area contributed by atoms with E-state index in [9.17, 15) is 4.79 Å². The van der Waals surface area contributed by atoms with Crippen LogP contribution in [0.15, 0.2) is 18.2 Å². The van der Waals surface area contributed by atoms with Gasteiger partial charge in [-0.2, -0.15) is 0 Å². The first-order valence-electron chi connectivity index (χ1n) is 6.48. The number of benzene rings is 1. The van der Waals surface area contributed by atoms with Crippen LogP contribution in [0.5, 0.6) is 5.75 Å². The van der Waals surface area contributed by atoms with Crippen LogP contribution in [0.25, 0.3) is 0 Å². The average molecular weight is 392 g/mol. The summed E-state index contributed by atoms with van der Waals surface area (Å²) in [5.41, 5.74) is 2.24. The summed E-state index contributed by atoms with van der Waals surface area (Å²) in [6.07, 6.45) is -0.355. The molecule has 1 aromatic carbocycles. The third-order valence-electron chi connectivity index (χ3n) is 2.93. The fourth-order valence-electron chi connectivity index (χ4n) is 1.69. The molecule has 0 aromatic heterocycles. The summed E-state index contributed by atoms with van der Waals surface area (Å²) in [5, 5.41) is 0. The van der Waals surface area contributed by atoms with Crippen LogP contribution in [-0.4, -0.2) is 46.2 Å². The van der Waals surface area contributed by atoms with Gasteiger partial charge in [0.1, 0.15) is 0 Å². The van der Waals surface area contributed by atoms with Crippen molar-refractivity contribution < 1.29 is 33.5 Å². The fourth-order valence-corrected chi connectivity index (χ4v) is 1.69. The number of hydrogen-bond donors (Lipinski definition) is 0. The molecule has 1 amide bonds. The molecule has 0 fully saturated rings. The van der Waals surface area contributed by atoms with Gasteiger partial charge in [-0.05, 0) is 17.5 Å². The minimum atomic E-state index is -0.355. The van der Waals surface area contributed by atoms with Crippen molar-refractivity contribution in [1.82, 2.24) is 9.38 Å². The van der Waals surface area contributed by atoms with Crippen molar-refractivity contribution in [2.75, 3.05) is 35.2 Å². The maximum Gasteiger partial charge on any atom is 0.414 e. The van der Waals surface area contributed by atoms with E-state index in [1.807, 2.05) is 12.1 Å². The Bertz CT molecular complexity index is 465. The zero-order chi connectivity index (χ0) is 14.8. The normalized spacial score (nSPS) is 11.0. The lowest BCUT2D eigenvalue weighted by Crippen LogP contribution is -3.00. The van der Waals surface area contributed by atoms with Gasteiger partial charge in [0.05, 0.1) is 21.1 Å². The van der Waals surface area contributed by atoms with Crippen molar-refractivity contribution >= 4 is 11.8 Å². The van der Waals surface area contributed by atoms with E-state index in [2.05, 4.69) is 41.1 Å². The van der Waals surface area contributed by atoms with Crippen LogP contribution in [0.2, 0.25) is 0 Å². The third kappa shape index (κ3) is 4.94. The summed E-state index contributed by atoms with van der Waals surface area (Å²) in [7, 11) is 9.54. The highest BCUT2D eigenvalue weighted by atomic mass is 127. The zero-order valence-electron chi connectivity index (χ0n) is 13.4. The number of carbonyl (C=O) groups excluding carboxylic acids is 1. The molecule has 0 aliphatic rings. The van der Waals surface area contributed by atoms with Crippen molar-refractivity contribution in [2.24, 2.45) is 0 Å². The molecule has 0 unspecified atom stereocenters. The number of nitrogens with zero attached hydrogens (tertiary/aromatic N) is 2. The quantitative estimate of drug-likeness (QED) is 0.539. The summed E-state index contributed by atoms with van der Waals surface area (Å²) in [4.78, 5) is 13.1. The number of amides is 1. The fraction of sp³-hybridized carbons (Fsp3) is 0.533. The minimum absolute atomic E-state index is 0. The second-order valence-electron chi connectivity index (χ2n) is 6.16. The largest absolute Gasteiger partial charge is 1.00 e. The molecule has 0 heterocycles. The SMILES string of the molecule is CC(C)c1ccc(OC(=O)N(C)C)c([N+](C)(C)C)c1.[I-]. The molecule has 4 nitrogen and oxygen atoms in total. The maximum absolute atomic E-state index is 11.7. The van der Waals surface area contributed by atoms with Gasteiger partial charge in [0, 0.05) is 20.2 Å².